The summed E-state index contributed by atoms with van der Waals surface area (Å²) in [4.78, 5) is 19.9. The van der Waals surface area contributed by atoms with E-state index in [4.69, 9.17) is 16.6 Å². The van der Waals surface area contributed by atoms with Crippen LogP contribution in [-0.4, -0.2) is 23.9 Å². The van der Waals surface area contributed by atoms with E-state index in [0.29, 0.717) is 10.6 Å². The van der Waals surface area contributed by atoms with Crippen LogP contribution >= 0.6 is 11.6 Å². The second-order valence-corrected chi connectivity index (χ2v) is 7.25. The van der Waals surface area contributed by atoms with E-state index in [-0.39, 0.29) is 5.78 Å². The first-order valence-corrected chi connectivity index (χ1v) is 9.47. The van der Waals surface area contributed by atoms with Crippen molar-refractivity contribution in [2.75, 3.05) is 18.0 Å². The van der Waals surface area contributed by atoms with E-state index in [9.17, 15) is 4.79 Å². The molecule has 2 heterocycles. The van der Waals surface area contributed by atoms with Gasteiger partial charge in [0.2, 0.25) is 0 Å². The van der Waals surface area contributed by atoms with Crippen LogP contribution in [0.2, 0.25) is 5.02 Å². The summed E-state index contributed by atoms with van der Waals surface area (Å²) in [5, 5.41) is 1.58. The van der Waals surface area contributed by atoms with Crippen molar-refractivity contribution < 1.29 is 4.79 Å². The van der Waals surface area contributed by atoms with Crippen LogP contribution in [0, 0.1) is 0 Å². The predicted octanol–water partition coefficient (Wildman–Crippen LogP) is 5.75. The molecule has 0 saturated carbocycles. The van der Waals surface area contributed by atoms with Gasteiger partial charge in [-0.15, -0.1) is 0 Å². The van der Waals surface area contributed by atoms with Gasteiger partial charge in [-0.05, 0) is 49.9 Å². The van der Waals surface area contributed by atoms with Crippen LogP contribution < -0.4 is 4.90 Å². The highest BCUT2D eigenvalue weighted by molar-refractivity contribution is 6.31. The molecule has 4 rings (SSSR count). The Bertz CT molecular complexity index is 963. The molecule has 0 aliphatic carbocycles. The summed E-state index contributed by atoms with van der Waals surface area (Å²) >= 11 is 6.28. The van der Waals surface area contributed by atoms with E-state index < -0.39 is 0 Å². The third-order valence-electron chi connectivity index (χ3n) is 5.00. The van der Waals surface area contributed by atoms with E-state index in [1.54, 1.807) is 6.92 Å². The number of nitrogens with zero attached hydrogens (tertiary/aromatic N) is 2. The molecular formula is C22H21ClN2O. The number of hydrogen-bond acceptors (Lipinski definition) is 3. The Morgan fingerprint density at radius 2 is 1.77 bits per heavy atom. The second-order valence-electron chi connectivity index (χ2n) is 6.82. The van der Waals surface area contributed by atoms with Crippen LogP contribution in [-0.2, 0) is 0 Å². The van der Waals surface area contributed by atoms with Crippen LogP contribution in [0.4, 0.5) is 5.82 Å². The monoisotopic (exact) mass is 364 g/mol. The zero-order valence-electron chi connectivity index (χ0n) is 14.8. The lowest BCUT2D eigenvalue weighted by molar-refractivity contribution is 0.101. The number of halogens is 1. The van der Waals surface area contributed by atoms with Crippen molar-refractivity contribution in [3.63, 3.8) is 0 Å². The molecule has 0 radical (unpaired) electrons. The molecule has 26 heavy (non-hydrogen) atoms. The number of anilines is 1. The maximum atomic E-state index is 12.7. The van der Waals surface area contributed by atoms with Crippen LogP contribution in [0.15, 0.2) is 48.5 Å². The van der Waals surface area contributed by atoms with Gasteiger partial charge in [-0.25, -0.2) is 4.98 Å². The smallest absolute Gasteiger partial charge is 0.164 e. The highest BCUT2D eigenvalue weighted by Crippen LogP contribution is 2.38. The average Bonchev–Trinajstić information content (AvgIpc) is 2.67. The van der Waals surface area contributed by atoms with Crippen LogP contribution in [0.3, 0.4) is 0 Å². The first-order chi connectivity index (χ1) is 12.6. The van der Waals surface area contributed by atoms with Crippen LogP contribution in [0.5, 0.6) is 0 Å². The number of piperidine rings is 1. The molecule has 1 aliphatic heterocycles. The van der Waals surface area contributed by atoms with E-state index in [0.717, 1.165) is 53.8 Å². The fraction of sp³-hybridized carbons (Fsp3) is 0.273. The van der Waals surface area contributed by atoms with Crippen molar-refractivity contribution in [3.8, 4) is 11.1 Å². The van der Waals surface area contributed by atoms with Gasteiger partial charge in [0.05, 0.1) is 11.1 Å². The third kappa shape index (κ3) is 3.08. The first kappa shape index (κ1) is 17.0. The van der Waals surface area contributed by atoms with E-state index >= 15 is 0 Å². The summed E-state index contributed by atoms with van der Waals surface area (Å²) < 4.78 is 0. The van der Waals surface area contributed by atoms with Gasteiger partial charge < -0.3 is 4.90 Å². The molecule has 1 saturated heterocycles. The molecule has 0 N–H and O–H groups in total. The summed E-state index contributed by atoms with van der Waals surface area (Å²) in [6.45, 7) is 3.52. The molecule has 132 valence electrons. The lowest BCUT2D eigenvalue weighted by Crippen LogP contribution is -2.31. The van der Waals surface area contributed by atoms with Gasteiger partial charge in [0, 0.05) is 29.1 Å². The number of carbonyl (C=O) groups is 1. The van der Waals surface area contributed by atoms with Gasteiger partial charge in [-0.3, -0.25) is 4.79 Å². The molecule has 3 nitrogen and oxygen atoms in total. The fourth-order valence-electron chi connectivity index (χ4n) is 3.80. The third-order valence-corrected chi connectivity index (χ3v) is 5.23. The van der Waals surface area contributed by atoms with Gasteiger partial charge >= 0.3 is 0 Å². The van der Waals surface area contributed by atoms with Crippen LogP contribution in [0.25, 0.3) is 22.0 Å². The number of aromatic nitrogens is 1. The minimum atomic E-state index is 0.0406. The van der Waals surface area contributed by atoms with E-state index in [1.165, 1.54) is 6.42 Å². The maximum Gasteiger partial charge on any atom is 0.164 e. The minimum absolute atomic E-state index is 0.0406. The Kier molecular flexibility index (Phi) is 4.64. The fourth-order valence-corrected chi connectivity index (χ4v) is 3.97. The summed E-state index contributed by atoms with van der Waals surface area (Å²) in [6, 6.07) is 15.8. The van der Waals surface area contributed by atoms with Gasteiger partial charge in [0.15, 0.2) is 5.78 Å². The highest BCUT2D eigenvalue weighted by Gasteiger charge is 2.24. The van der Waals surface area contributed by atoms with Crippen LogP contribution in [0.1, 0.15) is 36.5 Å². The molecule has 0 spiro atoms. The normalized spacial score (nSPS) is 14.6. The molecule has 1 fully saturated rings. The molecule has 0 amide bonds. The molecule has 0 unspecified atom stereocenters. The summed E-state index contributed by atoms with van der Waals surface area (Å²) in [7, 11) is 0. The number of rotatable bonds is 3. The summed E-state index contributed by atoms with van der Waals surface area (Å²) in [6.07, 6.45) is 3.51. The number of Topliss-reactive ketones (excluding diaryl/α,β-unsaturated/α-hetero) is 1. The largest absolute Gasteiger partial charge is 0.356 e. The number of ketones is 1. The molecule has 0 bridgehead atoms. The summed E-state index contributed by atoms with van der Waals surface area (Å²) in [5.41, 5.74) is 3.53. The molecule has 3 aromatic rings. The molecule has 1 aromatic heterocycles. The van der Waals surface area contributed by atoms with Crippen molar-refractivity contribution >= 4 is 34.1 Å². The molecule has 0 atom stereocenters. The maximum absolute atomic E-state index is 12.7. The van der Waals surface area contributed by atoms with Crippen molar-refractivity contribution in [1.29, 1.82) is 0 Å². The van der Waals surface area contributed by atoms with E-state index in [1.807, 2.05) is 48.5 Å². The van der Waals surface area contributed by atoms with Gasteiger partial charge in [0.1, 0.15) is 5.82 Å². The predicted molar refractivity (Wildman–Crippen MR) is 108 cm³/mol. The van der Waals surface area contributed by atoms with E-state index in [2.05, 4.69) is 4.90 Å². The van der Waals surface area contributed by atoms with Crippen molar-refractivity contribution in [2.24, 2.45) is 0 Å². The SMILES string of the molecule is CC(=O)c1c(N2CCCCC2)nc2ccc(Cl)cc2c1-c1ccccc1. The Morgan fingerprint density at radius 1 is 1.04 bits per heavy atom. The number of benzene rings is 2. The quantitative estimate of drug-likeness (QED) is 0.555. The highest BCUT2D eigenvalue weighted by atomic mass is 35.5. The molecular weight excluding hydrogens is 344 g/mol. The average molecular weight is 365 g/mol. The summed E-state index contributed by atoms with van der Waals surface area (Å²) in [5.74, 6) is 0.852. The lowest BCUT2D eigenvalue weighted by Gasteiger charge is -2.30. The molecule has 4 heteroatoms. The van der Waals surface area contributed by atoms with Gasteiger partial charge in [-0.2, -0.15) is 0 Å². The van der Waals surface area contributed by atoms with Crippen molar-refractivity contribution in [2.45, 2.75) is 26.2 Å². The van der Waals surface area contributed by atoms with Crippen molar-refractivity contribution in [3.05, 3.63) is 59.1 Å². The Hall–Kier alpha value is -2.39. The number of pyridine rings is 1. The standard InChI is InChI=1S/C22H21ClN2O/c1-15(26)20-21(16-8-4-2-5-9-16)18-14-17(23)10-11-19(18)24-22(20)25-12-6-3-7-13-25/h2,4-5,8-11,14H,3,6-7,12-13H2,1H3. The second kappa shape index (κ2) is 7.08. The number of fused-ring (bicyclic) bond motifs is 1. The number of carbonyl (C=O) groups excluding carboxylic acids is 1. The lowest BCUT2D eigenvalue weighted by atomic mass is 9.93. The topological polar surface area (TPSA) is 33.2 Å². The van der Waals surface area contributed by atoms with Crippen molar-refractivity contribution in [1.82, 2.24) is 4.98 Å². The Balaban J connectivity index is 2.07. The molecule has 2 aromatic carbocycles. The zero-order chi connectivity index (χ0) is 18.1. The Morgan fingerprint density at radius 3 is 2.46 bits per heavy atom. The first-order valence-electron chi connectivity index (χ1n) is 9.10. The zero-order valence-corrected chi connectivity index (χ0v) is 15.6. The van der Waals surface area contributed by atoms with Gasteiger partial charge in [0.25, 0.3) is 0 Å². The minimum Gasteiger partial charge on any atom is -0.356 e. The Labute approximate surface area is 158 Å². The van der Waals surface area contributed by atoms with Gasteiger partial charge in [-0.1, -0.05) is 41.9 Å². The number of hydrogen-bond donors (Lipinski definition) is 0. The molecule has 1 aliphatic rings.